The molecule has 0 aliphatic carbocycles. The van der Waals surface area contributed by atoms with Crippen molar-refractivity contribution >= 4 is 0 Å². The Morgan fingerprint density at radius 3 is 2.50 bits per heavy atom. The Bertz CT molecular complexity index is 61.7. The Morgan fingerprint density at radius 1 is 1.30 bits per heavy atom. The van der Waals surface area contributed by atoms with Gasteiger partial charge in [0.2, 0.25) is 0 Å². The normalized spacial score (nSPS) is 13.5. The van der Waals surface area contributed by atoms with Crippen molar-refractivity contribution in [2.24, 2.45) is 0 Å². The first-order valence-corrected chi connectivity index (χ1v) is 4.24. The van der Waals surface area contributed by atoms with Gasteiger partial charge >= 0.3 is 0 Å². The van der Waals surface area contributed by atoms with Crippen LogP contribution in [0.2, 0.25) is 0 Å². The van der Waals surface area contributed by atoms with Crippen LogP contribution in [0.3, 0.4) is 0 Å². The van der Waals surface area contributed by atoms with Crippen LogP contribution in [0.4, 0.5) is 4.39 Å². The van der Waals surface area contributed by atoms with Gasteiger partial charge in [0.05, 0.1) is 6.17 Å². The molecule has 1 unspecified atom stereocenters. The lowest BCUT2D eigenvalue weighted by atomic mass is 10.1. The molecule has 1 atom stereocenters. The minimum Gasteiger partial charge on any atom is -0.248 e. The Labute approximate surface area is 63.8 Å². The van der Waals surface area contributed by atoms with E-state index in [0.717, 1.165) is 32.1 Å². The Hall–Kier alpha value is -0.0700. The summed E-state index contributed by atoms with van der Waals surface area (Å²) in [5.41, 5.74) is 0. The molecule has 0 aromatic rings. The average Bonchev–Trinajstić information content (AvgIpc) is 1.98. The second kappa shape index (κ2) is 7.04. The van der Waals surface area contributed by atoms with Gasteiger partial charge in [-0.2, -0.15) is 0 Å². The molecule has 0 aliphatic rings. The van der Waals surface area contributed by atoms with Gasteiger partial charge in [0.1, 0.15) is 0 Å². The summed E-state index contributed by atoms with van der Waals surface area (Å²) in [4.78, 5) is 0. The number of alkyl halides is 1. The van der Waals surface area contributed by atoms with Crippen LogP contribution in [0.25, 0.3) is 0 Å². The highest BCUT2D eigenvalue weighted by Gasteiger charge is 2.00. The average molecular weight is 145 g/mol. The van der Waals surface area contributed by atoms with Crippen molar-refractivity contribution in [3.05, 3.63) is 6.92 Å². The van der Waals surface area contributed by atoms with Gasteiger partial charge in [-0.15, -0.1) is 0 Å². The van der Waals surface area contributed by atoms with Crippen LogP contribution < -0.4 is 0 Å². The van der Waals surface area contributed by atoms with E-state index in [1.165, 1.54) is 0 Å². The quantitative estimate of drug-likeness (QED) is 0.502. The minimum atomic E-state index is -0.565. The van der Waals surface area contributed by atoms with Crippen molar-refractivity contribution in [3.8, 4) is 0 Å². The molecule has 0 heterocycles. The fourth-order valence-corrected chi connectivity index (χ4v) is 0.924. The molecule has 0 aromatic heterocycles. The topological polar surface area (TPSA) is 0 Å². The summed E-state index contributed by atoms with van der Waals surface area (Å²) in [6, 6.07) is 0. The van der Waals surface area contributed by atoms with Crippen LogP contribution in [0.5, 0.6) is 0 Å². The third kappa shape index (κ3) is 6.06. The number of rotatable bonds is 6. The molecule has 0 N–H and O–H groups in total. The van der Waals surface area contributed by atoms with E-state index in [1.807, 2.05) is 6.92 Å². The van der Waals surface area contributed by atoms with Crippen LogP contribution >= 0.6 is 0 Å². The third-order valence-electron chi connectivity index (χ3n) is 1.71. The van der Waals surface area contributed by atoms with Crippen molar-refractivity contribution in [1.82, 2.24) is 0 Å². The summed E-state index contributed by atoms with van der Waals surface area (Å²) >= 11 is 0. The van der Waals surface area contributed by atoms with Gasteiger partial charge < -0.3 is 0 Å². The number of unbranched alkanes of at least 4 members (excludes halogenated alkanes) is 3. The molecule has 0 aliphatic heterocycles. The smallest absolute Gasteiger partial charge is 0.0999 e. The van der Waals surface area contributed by atoms with E-state index >= 15 is 0 Å². The SMILES string of the molecule is [CH2]CCCCCC(F)CC. The number of hydrogen-bond acceptors (Lipinski definition) is 0. The van der Waals surface area contributed by atoms with Gasteiger partial charge in [-0.1, -0.05) is 39.5 Å². The van der Waals surface area contributed by atoms with E-state index in [9.17, 15) is 4.39 Å². The van der Waals surface area contributed by atoms with Crippen LogP contribution in [0, 0.1) is 6.92 Å². The zero-order chi connectivity index (χ0) is 7.82. The fraction of sp³-hybridized carbons (Fsp3) is 0.889. The summed E-state index contributed by atoms with van der Waals surface area (Å²) in [6.45, 7) is 5.62. The first-order valence-electron chi connectivity index (χ1n) is 4.24. The zero-order valence-corrected chi connectivity index (χ0v) is 6.91. The molecule has 1 radical (unpaired) electrons. The molecule has 0 bridgehead atoms. The monoisotopic (exact) mass is 145 g/mol. The molecule has 0 rings (SSSR count). The standard InChI is InChI=1S/C9H18F/c1-3-5-6-7-8-9(10)4-2/h9H,1,3-8H2,2H3. The van der Waals surface area contributed by atoms with E-state index < -0.39 is 6.17 Å². The molecule has 0 fully saturated rings. The van der Waals surface area contributed by atoms with Gasteiger partial charge in [0.15, 0.2) is 0 Å². The maximum atomic E-state index is 12.5. The van der Waals surface area contributed by atoms with Crippen molar-refractivity contribution in [3.63, 3.8) is 0 Å². The van der Waals surface area contributed by atoms with Crippen LogP contribution in [0.1, 0.15) is 45.4 Å². The second-order valence-electron chi connectivity index (χ2n) is 2.71. The molecule has 0 spiro atoms. The Morgan fingerprint density at radius 2 is 2.00 bits per heavy atom. The van der Waals surface area contributed by atoms with Crippen LogP contribution in [-0.2, 0) is 0 Å². The van der Waals surface area contributed by atoms with Gasteiger partial charge in [-0.05, 0) is 12.8 Å². The highest BCUT2D eigenvalue weighted by molar-refractivity contribution is 4.53. The van der Waals surface area contributed by atoms with E-state index in [0.29, 0.717) is 6.42 Å². The summed E-state index contributed by atoms with van der Waals surface area (Å²) < 4.78 is 12.5. The number of halogens is 1. The molecule has 10 heavy (non-hydrogen) atoms. The van der Waals surface area contributed by atoms with E-state index in [2.05, 4.69) is 6.92 Å². The third-order valence-corrected chi connectivity index (χ3v) is 1.71. The van der Waals surface area contributed by atoms with E-state index in [-0.39, 0.29) is 0 Å². The lowest BCUT2D eigenvalue weighted by molar-refractivity contribution is 0.297. The molecule has 61 valence electrons. The zero-order valence-electron chi connectivity index (χ0n) is 6.91. The van der Waals surface area contributed by atoms with Gasteiger partial charge in [-0.3, -0.25) is 0 Å². The van der Waals surface area contributed by atoms with Crippen LogP contribution in [0.15, 0.2) is 0 Å². The Balaban J connectivity index is 2.89. The largest absolute Gasteiger partial charge is 0.248 e. The first kappa shape index (κ1) is 9.93. The van der Waals surface area contributed by atoms with Gasteiger partial charge in [-0.25, -0.2) is 4.39 Å². The lowest BCUT2D eigenvalue weighted by Crippen LogP contribution is -1.96. The molecular formula is C9H18F. The summed E-state index contributed by atoms with van der Waals surface area (Å²) in [7, 11) is 0. The number of hydrogen-bond donors (Lipinski definition) is 0. The first-order chi connectivity index (χ1) is 4.81. The molecule has 0 nitrogen and oxygen atoms in total. The maximum absolute atomic E-state index is 12.5. The summed E-state index contributed by atoms with van der Waals surface area (Å²) in [5.74, 6) is 0. The minimum absolute atomic E-state index is 0.565. The molecule has 0 amide bonds. The van der Waals surface area contributed by atoms with Crippen LogP contribution in [-0.4, -0.2) is 6.17 Å². The lowest BCUT2D eigenvalue weighted by Gasteiger charge is -2.02. The molecule has 1 heteroatoms. The summed E-state index contributed by atoms with van der Waals surface area (Å²) in [5, 5.41) is 0. The predicted octanol–water partition coefficient (Wildman–Crippen LogP) is 3.52. The Kier molecular flexibility index (Phi) is 6.99. The molecule has 0 aromatic carbocycles. The highest BCUT2D eigenvalue weighted by atomic mass is 19.1. The molecule has 0 saturated heterocycles. The van der Waals surface area contributed by atoms with E-state index in [4.69, 9.17) is 0 Å². The van der Waals surface area contributed by atoms with Crippen molar-refractivity contribution in [1.29, 1.82) is 0 Å². The van der Waals surface area contributed by atoms with Gasteiger partial charge in [0, 0.05) is 0 Å². The highest BCUT2D eigenvalue weighted by Crippen LogP contribution is 2.09. The fourth-order valence-electron chi connectivity index (χ4n) is 0.924. The second-order valence-corrected chi connectivity index (χ2v) is 2.71. The van der Waals surface area contributed by atoms with E-state index in [1.54, 1.807) is 0 Å². The van der Waals surface area contributed by atoms with Crippen molar-refractivity contribution in [2.45, 2.75) is 51.6 Å². The molecular weight excluding hydrogens is 127 g/mol. The maximum Gasteiger partial charge on any atom is 0.0999 e. The van der Waals surface area contributed by atoms with Gasteiger partial charge in [0.25, 0.3) is 0 Å². The van der Waals surface area contributed by atoms with Crippen molar-refractivity contribution < 1.29 is 4.39 Å². The predicted molar refractivity (Wildman–Crippen MR) is 43.6 cm³/mol. The summed E-state index contributed by atoms with van der Waals surface area (Å²) in [6.07, 6.45) is 5.17. The van der Waals surface area contributed by atoms with Crippen molar-refractivity contribution in [2.75, 3.05) is 0 Å². The molecule has 0 saturated carbocycles.